The molecular formula is C16H19N5O5. The zero-order valence-corrected chi connectivity index (χ0v) is 13.9. The van der Waals surface area contributed by atoms with Gasteiger partial charge in [0.1, 0.15) is 5.82 Å². The van der Waals surface area contributed by atoms with Crippen LogP contribution in [0.15, 0.2) is 16.9 Å². The Kier molecular flexibility index (Phi) is 5.01. The van der Waals surface area contributed by atoms with Gasteiger partial charge in [-0.3, -0.25) is 19.4 Å². The lowest BCUT2D eigenvalue weighted by Gasteiger charge is -2.30. The second-order valence-electron chi connectivity index (χ2n) is 6.24. The molecule has 26 heavy (non-hydrogen) atoms. The lowest BCUT2D eigenvalue weighted by atomic mass is 9.98. The normalized spacial score (nSPS) is 17.2. The van der Waals surface area contributed by atoms with E-state index in [1.54, 1.807) is 12.1 Å². The molecule has 3 heterocycles. The summed E-state index contributed by atoms with van der Waals surface area (Å²) in [6.45, 7) is 0.707. The highest BCUT2D eigenvalue weighted by Gasteiger charge is 2.28. The van der Waals surface area contributed by atoms with Crippen molar-refractivity contribution in [3.8, 4) is 0 Å². The number of hydrogen-bond acceptors (Lipinski definition) is 5. The molecule has 10 nitrogen and oxygen atoms in total. The molecule has 0 saturated carbocycles. The van der Waals surface area contributed by atoms with Gasteiger partial charge in [-0.05, 0) is 25.0 Å². The van der Waals surface area contributed by atoms with E-state index in [1.807, 2.05) is 0 Å². The molecule has 0 spiro atoms. The number of imidazole rings is 1. The molecule has 4 N–H and O–H groups in total. The highest BCUT2D eigenvalue weighted by molar-refractivity contribution is 5.93. The van der Waals surface area contributed by atoms with Crippen LogP contribution in [0.3, 0.4) is 0 Å². The number of carboxylic acid groups (broad SMARTS) is 1. The molecule has 1 fully saturated rings. The highest BCUT2D eigenvalue weighted by atomic mass is 16.4. The van der Waals surface area contributed by atoms with Gasteiger partial charge < -0.3 is 20.3 Å². The summed E-state index contributed by atoms with van der Waals surface area (Å²) in [6.07, 6.45) is 1.18. The van der Waals surface area contributed by atoms with Gasteiger partial charge in [0.05, 0.1) is 11.4 Å². The summed E-state index contributed by atoms with van der Waals surface area (Å²) in [5, 5.41) is 11.6. The van der Waals surface area contributed by atoms with Crippen molar-refractivity contribution in [3.05, 3.63) is 22.6 Å². The number of nitrogens with zero attached hydrogens (tertiary/aromatic N) is 2. The number of fused-ring (bicyclic) bond motifs is 1. The Hall–Kier alpha value is -3.17. The molecule has 138 valence electrons. The Morgan fingerprint density at radius 1 is 1.27 bits per heavy atom. The van der Waals surface area contributed by atoms with Crippen LogP contribution >= 0.6 is 0 Å². The van der Waals surface area contributed by atoms with E-state index in [2.05, 4.69) is 20.3 Å². The molecule has 2 aromatic heterocycles. The van der Waals surface area contributed by atoms with Gasteiger partial charge in [0.2, 0.25) is 11.8 Å². The zero-order valence-electron chi connectivity index (χ0n) is 13.9. The Labute approximate surface area is 147 Å². The minimum Gasteiger partial charge on any atom is -0.481 e. The molecule has 0 aromatic carbocycles. The largest absolute Gasteiger partial charge is 0.481 e. The van der Waals surface area contributed by atoms with Crippen molar-refractivity contribution in [1.82, 2.24) is 19.9 Å². The van der Waals surface area contributed by atoms with Gasteiger partial charge >= 0.3 is 11.7 Å². The zero-order chi connectivity index (χ0) is 18.7. The van der Waals surface area contributed by atoms with Crippen molar-refractivity contribution in [2.75, 3.05) is 18.4 Å². The van der Waals surface area contributed by atoms with Crippen LogP contribution in [0.25, 0.3) is 11.2 Å². The Morgan fingerprint density at radius 2 is 2.08 bits per heavy atom. The molecule has 1 atom stereocenters. The average Bonchev–Trinajstić information content (AvgIpc) is 2.99. The number of aromatic nitrogens is 3. The number of anilines is 1. The molecule has 0 bridgehead atoms. The van der Waals surface area contributed by atoms with E-state index in [1.165, 1.54) is 4.90 Å². The van der Waals surface area contributed by atoms with Gasteiger partial charge in [0.25, 0.3) is 0 Å². The van der Waals surface area contributed by atoms with Crippen molar-refractivity contribution >= 4 is 34.8 Å². The number of rotatable bonds is 5. The molecular weight excluding hydrogens is 342 g/mol. The van der Waals surface area contributed by atoms with Gasteiger partial charge in [0.15, 0.2) is 5.65 Å². The predicted molar refractivity (Wildman–Crippen MR) is 91.5 cm³/mol. The standard InChI is InChI=1S/C16H19N5O5/c22-12(18-11-4-3-10-14(19-11)20-16(26)17-10)5-6-13(23)21-7-1-2-9(8-21)15(24)25/h3-4,9H,1-2,5-8H2,(H,24,25)(H3,17,18,19,20,22,26). The van der Waals surface area contributed by atoms with E-state index in [9.17, 15) is 19.2 Å². The summed E-state index contributed by atoms with van der Waals surface area (Å²) in [6, 6.07) is 3.16. The van der Waals surface area contributed by atoms with Crippen LogP contribution in [0.4, 0.5) is 5.82 Å². The number of likely N-dealkylation sites (tertiary alicyclic amines) is 1. The first-order valence-corrected chi connectivity index (χ1v) is 8.32. The second-order valence-corrected chi connectivity index (χ2v) is 6.24. The summed E-state index contributed by atoms with van der Waals surface area (Å²) in [4.78, 5) is 57.1. The number of carbonyl (C=O) groups is 3. The van der Waals surface area contributed by atoms with Gasteiger partial charge in [-0.15, -0.1) is 0 Å². The second kappa shape index (κ2) is 7.38. The molecule has 2 amide bonds. The number of amides is 2. The number of aliphatic carboxylic acids is 1. The van der Waals surface area contributed by atoms with E-state index in [-0.39, 0.29) is 42.7 Å². The predicted octanol–water partition coefficient (Wildman–Crippen LogP) is 0.293. The smallest absolute Gasteiger partial charge is 0.325 e. The molecule has 0 radical (unpaired) electrons. The van der Waals surface area contributed by atoms with Crippen molar-refractivity contribution in [2.45, 2.75) is 25.7 Å². The van der Waals surface area contributed by atoms with Crippen molar-refractivity contribution < 1.29 is 19.5 Å². The SMILES string of the molecule is O=C(CCC(=O)N1CCCC(C(=O)O)C1)Nc1ccc2[nH]c(=O)[nH]c2n1. The number of hydrogen-bond donors (Lipinski definition) is 4. The third-order valence-corrected chi connectivity index (χ3v) is 4.33. The Morgan fingerprint density at radius 3 is 2.85 bits per heavy atom. The van der Waals surface area contributed by atoms with E-state index in [0.29, 0.717) is 30.6 Å². The first-order chi connectivity index (χ1) is 12.4. The third kappa shape index (κ3) is 4.08. The fraction of sp³-hybridized carbons (Fsp3) is 0.438. The van der Waals surface area contributed by atoms with Crippen molar-refractivity contribution in [2.24, 2.45) is 5.92 Å². The molecule has 3 rings (SSSR count). The third-order valence-electron chi connectivity index (χ3n) is 4.33. The highest BCUT2D eigenvalue weighted by Crippen LogP contribution is 2.18. The number of nitrogens with one attached hydrogen (secondary N) is 3. The van der Waals surface area contributed by atoms with Crippen molar-refractivity contribution in [3.63, 3.8) is 0 Å². The summed E-state index contributed by atoms with van der Waals surface area (Å²) < 4.78 is 0. The Bertz CT molecular complexity index is 902. The monoisotopic (exact) mass is 361 g/mol. The van der Waals surface area contributed by atoms with E-state index in [0.717, 1.165) is 0 Å². The maximum atomic E-state index is 12.2. The van der Waals surface area contributed by atoms with Crippen LogP contribution < -0.4 is 11.0 Å². The maximum Gasteiger partial charge on any atom is 0.325 e. The number of H-pyrrole nitrogens is 2. The van der Waals surface area contributed by atoms with Crippen LogP contribution in [0, 0.1) is 5.92 Å². The summed E-state index contributed by atoms with van der Waals surface area (Å²) >= 11 is 0. The first kappa shape index (κ1) is 17.6. The topological polar surface area (TPSA) is 148 Å². The molecule has 10 heteroatoms. The fourth-order valence-corrected chi connectivity index (χ4v) is 2.98. The number of carbonyl (C=O) groups excluding carboxylic acids is 2. The molecule has 2 aromatic rings. The quantitative estimate of drug-likeness (QED) is 0.602. The Balaban J connectivity index is 1.52. The summed E-state index contributed by atoms with van der Waals surface area (Å²) in [5.74, 6) is -1.78. The van der Waals surface area contributed by atoms with E-state index < -0.39 is 11.9 Å². The summed E-state index contributed by atoms with van der Waals surface area (Å²) in [5.41, 5.74) is 0.473. The number of carboxylic acids is 1. The number of piperidine rings is 1. The fourth-order valence-electron chi connectivity index (χ4n) is 2.98. The van der Waals surface area contributed by atoms with Crippen LogP contribution in [-0.2, 0) is 14.4 Å². The van der Waals surface area contributed by atoms with Crippen LogP contribution in [0.2, 0.25) is 0 Å². The lowest BCUT2D eigenvalue weighted by molar-refractivity contribution is -0.146. The van der Waals surface area contributed by atoms with Crippen molar-refractivity contribution in [1.29, 1.82) is 0 Å². The van der Waals surface area contributed by atoms with E-state index >= 15 is 0 Å². The molecule has 1 aliphatic rings. The van der Waals surface area contributed by atoms with Gasteiger partial charge in [0, 0.05) is 25.9 Å². The number of aromatic amines is 2. The van der Waals surface area contributed by atoms with Gasteiger partial charge in [-0.2, -0.15) is 0 Å². The molecule has 1 saturated heterocycles. The minimum atomic E-state index is -0.899. The summed E-state index contributed by atoms with van der Waals surface area (Å²) in [7, 11) is 0. The van der Waals surface area contributed by atoms with Gasteiger partial charge in [-0.1, -0.05) is 0 Å². The van der Waals surface area contributed by atoms with Crippen LogP contribution in [0.1, 0.15) is 25.7 Å². The minimum absolute atomic E-state index is 0.00139. The number of pyridine rings is 1. The first-order valence-electron chi connectivity index (χ1n) is 8.32. The van der Waals surface area contributed by atoms with E-state index in [4.69, 9.17) is 5.11 Å². The molecule has 1 unspecified atom stereocenters. The van der Waals surface area contributed by atoms with Crippen LogP contribution in [0.5, 0.6) is 0 Å². The van der Waals surface area contributed by atoms with Gasteiger partial charge in [-0.25, -0.2) is 9.78 Å². The molecule has 1 aliphatic heterocycles. The molecule has 0 aliphatic carbocycles. The average molecular weight is 361 g/mol. The lowest BCUT2D eigenvalue weighted by Crippen LogP contribution is -2.42. The van der Waals surface area contributed by atoms with Crippen LogP contribution in [-0.4, -0.2) is 55.8 Å². The maximum absolute atomic E-state index is 12.2.